The van der Waals surface area contributed by atoms with Gasteiger partial charge in [0.1, 0.15) is 5.75 Å². The van der Waals surface area contributed by atoms with Gasteiger partial charge in [0, 0.05) is 6.54 Å². The lowest BCUT2D eigenvalue weighted by atomic mass is 9.87. The SMILES string of the molecule is CC(C)Oc1ccc(CNCC2CCC(O)CC2)cc1. The van der Waals surface area contributed by atoms with Crippen molar-refractivity contribution in [1.82, 2.24) is 5.32 Å². The van der Waals surface area contributed by atoms with E-state index in [1.54, 1.807) is 0 Å². The quantitative estimate of drug-likeness (QED) is 0.839. The lowest BCUT2D eigenvalue weighted by Crippen LogP contribution is -2.27. The van der Waals surface area contributed by atoms with Gasteiger partial charge in [-0.3, -0.25) is 0 Å². The fourth-order valence-electron chi connectivity index (χ4n) is 2.73. The molecule has 1 aliphatic carbocycles. The van der Waals surface area contributed by atoms with Gasteiger partial charge in [-0.2, -0.15) is 0 Å². The number of benzene rings is 1. The zero-order valence-corrected chi connectivity index (χ0v) is 12.6. The van der Waals surface area contributed by atoms with Crippen molar-refractivity contribution in [1.29, 1.82) is 0 Å². The molecule has 0 unspecified atom stereocenters. The summed E-state index contributed by atoms with van der Waals surface area (Å²) in [6.45, 7) is 6.03. The minimum atomic E-state index is -0.0558. The molecule has 1 aromatic carbocycles. The third kappa shape index (κ3) is 5.14. The third-order valence-electron chi connectivity index (χ3n) is 3.87. The van der Waals surface area contributed by atoms with E-state index >= 15 is 0 Å². The number of hydrogen-bond acceptors (Lipinski definition) is 3. The van der Waals surface area contributed by atoms with Gasteiger partial charge in [-0.25, -0.2) is 0 Å². The van der Waals surface area contributed by atoms with Crippen molar-refractivity contribution < 1.29 is 9.84 Å². The molecule has 3 nitrogen and oxygen atoms in total. The number of rotatable bonds is 6. The van der Waals surface area contributed by atoms with Crippen LogP contribution in [0, 0.1) is 5.92 Å². The first kappa shape index (κ1) is 15.3. The van der Waals surface area contributed by atoms with Crippen molar-refractivity contribution in [3.8, 4) is 5.75 Å². The number of nitrogens with one attached hydrogen (secondary N) is 1. The molecular weight excluding hydrogens is 250 g/mol. The Hall–Kier alpha value is -1.06. The lowest BCUT2D eigenvalue weighted by Gasteiger charge is -2.25. The monoisotopic (exact) mass is 277 g/mol. The fraction of sp³-hybridized carbons (Fsp3) is 0.647. The van der Waals surface area contributed by atoms with Crippen LogP contribution in [0.1, 0.15) is 45.1 Å². The molecule has 0 bridgehead atoms. The molecule has 0 aromatic heterocycles. The fourth-order valence-corrected chi connectivity index (χ4v) is 2.73. The van der Waals surface area contributed by atoms with Gasteiger partial charge < -0.3 is 15.2 Å². The van der Waals surface area contributed by atoms with Crippen LogP contribution in [-0.4, -0.2) is 23.9 Å². The predicted molar refractivity (Wildman–Crippen MR) is 81.9 cm³/mol. The van der Waals surface area contributed by atoms with Gasteiger partial charge in [-0.05, 0) is 69.7 Å². The van der Waals surface area contributed by atoms with Gasteiger partial charge in [0.2, 0.25) is 0 Å². The van der Waals surface area contributed by atoms with Gasteiger partial charge in [0.15, 0.2) is 0 Å². The second kappa shape index (κ2) is 7.65. The Bertz CT molecular complexity index is 380. The molecule has 0 spiro atoms. The van der Waals surface area contributed by atoms with Crippen LogP contribution in [-0.2, 0) is 6.54 Å². The summed E-state index contributed by atoms with van der Waals surface area (Å²) >= 11 is 0. The Morgan fingerprint density at radius 1 is 1.15 bits per heavy atom. The number of aliphatic hydroxyl groups excluding tert-OH is 1. The van der Waals surface area contributed by atoms with Crippen LogP contribution in [0.25, 0.3) is 0 Å². The average molecular weight is 277 g/mol. The highest BCUT2D eigenvalue weighted by Gasteiger charge is 2.18. The van der Waals surface area contributed by atoms with Crippen LogP contribution in [0.3, 0.4) is 0 Å². The van der Waals surface area contributed by atoms with Crippen molar-refractivity contribution >= 4 is 0 Å². The Kier molecular flexibility index (Phi) is 5.86. The largest absolute Gasteiger partial charge is 0.491 e. The Labute approximate surface area is 122 Å². The van der Waals surface area contributed by atoms with E-state index in [9.17, 15) is 5.11 Å². The highest BCUT2D eigenvalue weighted by molar-refractivity contribution is 5.27. The normalized spacial score (nSPS) is 23.0. The first-order chi connectivity index (χ1) is 9.63. The molecule has 1 saturated carbocycles. The molecule has 1 aromatic rings. The molecular formula is C17H27NO2. The predicted octanol–water partition coefficient (Wildman–Crippen LogP) is 3.11. The van der Waals surface area contributed by atoms with Crippen LogP contribution in [0.2, 0.25) is 0 Å². The Morgan fingerprint density at radius 3 is 2.40 bits per heavy atom. The van der Waals surface area contributed by atoms with Crippen LogP contribution in [0.5, 0.6) is 5.75 Å². The molecule has 0 amide bonds. The van der Waals surface area contributed by atoms with E-state index in [4.69, 9.17) is 4.74 Å². The van der Waals surface area contributed by atoms with E-state index < -0.39 is 0 Å². The summed E-state index contributed by atoms with van der Waals surface area (Å²) < 4.78 is 5.63. The molecule has 1 fully saturated rings. The van der Waals surface area contributed by atoms with Gasteiger partial charge in [0.05, 0.1) is 12.2 Å². The van der Waals surface area contributed by atoms with E-state index in [0.717, 1.165) is 50.4 Å². The first-order valence-electron chi connectivity index (χ1n) is 7.78. The average Bonchev–Trinajstić information content (AvgIpc) is 2.42. The van der Waals surface area contributed by atoms with E-state index in [-0.39, 0.29) is 12.2 Å². The summed E-state index contributed by atoms with van der Waals surface area (Å²) in [5.74, 6) is 1.66. The van der Waals surface area contributed by atoms with Crippen molar-refractivity contribution in [2.45, 2.75) is 58.3 Å². The van der Waals surface area contributed by atoms with Gasteiger partial charge in [-0.15, -0.1) is 0 Å². The van der Waals surface area contributed by atoms with E-state index in [2.05, 4.69) is 17.4 Å². The minimum absolute atomic E-state index is 0.0558. The van der Waals surface area contributed by atoms with E-state index in [1.165, 1.54) is 5.56 Å². The van der Waals surface area contributed by atoms with Gasteiger partial charge in [0.25, 0.3) is 0 Å². The highest BCUT2D eigenvalue weighted by atomic mass is 16.5. The van der Waals surface area contributed by atoms with Crippen LogP contribution in [0.15, 0.2) is 24.3 Å². The molecule has 3 heteroatoms. The molecule has 0 saturated heterocycles. The van der Waals surface area contributed by atoms with Crippen molar-refractivity contribution in [2.75, 3.05) is 6.54 Å². The standard InChI is InChI=1S/C17H27NO2/c1-13(2)20-17-9-5-15(6-10-17)12-18-11-14-3-7-16(19)8-4-14/h5-6,9-10,13-14,16,18-19H,3-4,7-8,11-12H2,1-2H3. The van der Waals surface area contributed by atoms with Crippen molar-refractivity contribution in [2.24, 2.45) is 5.92 Å². The minimum Gasteiger partial charge on any atom is -0.491 e. The maximum atomic E-state index is 9.49. The van der Waals surface area contributed by atoms with Crippen molar-refractivity contribution in [3.05, 3.63) is 29.8 Å². The lowest BCUT2D eigenvalue weighted by molar-refractivity contribution is 0.108. The van der Waals surface area contributed by atoms with E-state index in [1.807, 2.05) is 26.0 Å². The second-order valence-electron chi connectivity index (χ2n) is 6.12. The summed E-state index contributed by atoms with van der Waals surface area (Å²) in [7, 11) is 0. The molecule has 20 heavy (non-hydrogen) atoms. The first-order valence-corrected chi connectivity index (χ1v) is 7.78. The molecule has 112 valence electrons. The van der Waals surface area contributed by atoms with Crippen LogP contribution in [0.4, 0.5) is 0 Å². The van der Waals surface area contributed by atoms with Crippen LogP contribution < -0.4 is 10.1 Å². The van der Waals surface area contributed by atoms with Crippen molar-refractivity contribution in [3.63, 3.8) is 0 Å². The zero-order chi connectivity index (χ0) is 14.4. The molecule has 0 heterocycles. The van der Waals surface area contributed by atoms with E-state index in [0.29, 0.717) is 0 Å². The number of ether oxygens (including phenoxy) is 1. The second-order valence-corrected chi connectivity index (χ2v) is 6.12. The smallest absolute Gasteiger partial charge is 0.119 e. The maximum Gasteiger partial charge on any atom is 0.119 e. The third-order valence-corrected chi connectivity index (χ3v) is 3.87. The highest BCUT2D eigenvalue weighted by Crippen LogP contribution is 2.23. The topological polar surface area (TPSA) is 41.5 Å². The molecule has 1 aliphatic rings. The summed E-state index contributed by atoms with van der Waals surface area (Å²) in [5, 5.41) is 13.0. The maximum absolute atomic E-state index is 9.49. The molecule has 0 aliphatic heterocycles. The Morgan fingerprint density at radius 2 is 1.80 bits per heavy atom. The molecule has 0 atom stereocenters. The Balaban J connectivity index is 1.69. The summed E-state index contributed by atoms with van der Waals surface area (Å²) in [5.41, 5.74) is 1.29. The summed E-state index contributed by atoms with van der Waals surface area (Å²) in [6.07, 6.45) is 4.40. The number of aliphatic hydroxyl groups is 1. The van der Waals surface area contributed by atoms with Gasteiger partial charge >= 0.3 is 0 Å². The number of hydrogen-bond donors (Lipinski definition) is 2. The molecule has 0 radical (unpaired) electrons. The van der Waals surface area contributed by atoms with Crippen LogP contribution >= 0.6 is 0 Å². The van der Waals surface area contributed by atoms with Gasteiger partial charge in [-0.1, -0.05) is 12.1 Å². The molecule has 2 rings (SSSR count). The zero-order valence-electron chi connectivity index (χ0n) is 12.6. The summed E-state index contributed by atoms with van der Waals surface area (Å²) in [4.78, 5) is 0. The molecule has 2 N–H and O–H groups in total. The summed E-state index contributed by atoms with van der Waals surface area (Å²) in [6, 6.07) is 8.31.